The van der Waals surface area contributed by atoms with Gasteiger partial charge in [0.1, 0.15) is 6.04 Å². The fraction of sp³-hybridized carbons (Fsp3) is 0.355. The van der Waals surface area contributed by atoms with E-state index in [1.165, 1.54) is 24.3 Å². The number of nitrogens with zero attached hydrogens (tertiary/aromatic N) is 1. The van der Waals surface area contributed by atoms with Gasteiger partial charge in [0, 0.05) is 30.8 Å². The summed E-state index contributed by atoms with van der Waals surface area (Å²) in [4.78, 5) is 27.8. The summed E-state index contributed by atoms with van der Waals surface area (Å²) in [5.74, 6) is -0.786. The van der Waals surface area contributed by atoms with Gasteiger partial charge in [0.05, 0.1) is 28.9 Å². The van der Waals surface area contributed by atoms with Gasteiger partial charge in [-0.3, -0.25) is 9.59 Å². The number of anilines is 1. The van der Waals surface area contributed by atoms with Crippen LogP contribution in [0.25, 0.3) is 0 Å². The molecule has 1 aliphatic heterocycles. The molecular weight excluding hydrogens is 583 g/mol. The number of alkyl halides is 3. The van der Waals surface area contributed by atoms with Gasteiger partial charge in [0.15, 0.2) is 9.84 Å². The predicted octanol–water partition coefficient (Wildman–Crippen LogP) is 4.46. The molecule has 0 unspecified atom stereocenters. The lowest BCUT2D eigenvalue weighted by molar-refractivity contribution is -0.137. The van der Waals surface area contributed by atoms with E-state index in [4.69, 9.17) is 0 Å². The second-order valence-electron chi connectivity index (χ2n) is 10.4. The minimum Gasteiger partial charge on any atom is -0.394 e. The second kappa shape index (κ2) is 13.2. The molecule has 0 saturated carbocycles. The number of aliphatic hydroxyl groups excluding tert-OH is 1. The molecule has 1 aliphatic rings. The Morgan fingerprint density at radius 3 is 2.14 bits per heavy atom. The summed E-state index contributed by atoms with van der Waals surface area (Å²) >= 11 is 0. The predicted molar refractivity (Wildman–Crippen MR) is 157 cm³/mol. The van der Waals surface area contributed by atoms with E-state index in [2.05, 4.69) is 10.6 Å². The van der Waals surface area contributed by atoms with Crippen LogP contribution in [0, 0.1) is 0 Å². The highest BCUT2D eigenvalue weighted by Crippen LogP contribution is 2.36. The largest absolute Gasteiger partial charge is 0.416 e. The molecule has 3 atom stereocenters. The topological polar surface area (TPSA) is 116 Å². The summed E-state index contributed by atoms with van der Waals surface area (Å²) in [5, 5.41) is 15.3. The molecule has 0 aromatic heterocycles. The molecule has 1 fully saturated rings. The maximum Gasteiger partial charge on any atom is 0.416 e. The quantitative estimate of drug-likeness (QED) is 0.327. The standard InChI is InChI=1S/C31H34F3N3O5S/c1-3-43(41,42)26-15-8-21(9-16-26)27(19-38)36-29(39)22-6-13-25(14-7-22)37-18-23(10-17-28(37)30(40)35-2)20-4-11-24(12-5-20)31(32,33)34/h4-9,11-16,23,27-28,38H,3,10,17-19H2,1-2H3,(H,35,40)(H,36,39)/t23-,27-,28-/m0/s1. The van der Waals surface area contributed by atoms with Crippen molar-refractivity contribution in [3.05, 3.63) is 95.1 Å². The number of benzene rings is 3. The van der Waals surface area contributed by atoms with Crippen LogP contribution in [-0.4, -0.2) is 57.3 Å². The molecule has 43 heavy (non-hydrogen) atoms. The maximum absolute atomic E-state index is 13.0. The van der Waals surface area contributed by atoms with Gasteiger partial charge in [-0.2, -0.15) is 13.2 Å². The first-order valence-corrected chi connectivity index (χ1v) is 15.5. The smallest absolute Gasteiger partial charge is 0.394 e. The molecule has 0 bridgehead atoms. The van der Waals surface area contributed by atoms with Crippen LogP contribution < -0.4 is 15.5 Å². The minimum absolute atomic E-state index is 0.0422. The van der Waals surface area contributed by atoms with Crippen molar-refractivity contribution in [3.8, 4) is 0 Å². The summed E-state index contributed by atoms with van der Waals surface area (Å²) in [6.45, 7) is 1.54. The molecule has 12 heteroatoms. The average Bonchev–Trinajstić information content (AvgIpc) is 3.02. The molecule has 3 aromatic rings. The van der Waals surface area contributed by atoms with E-state index in [0.29, 0.717) is 36.2 Å². The molecule has 8 nitrogen and oxygen atoms in total. The van der Waals surface area contributed by atoms with E-state index in [9.17, 15) is 36.3 Å². The number of likely N-dealkylation sites (N-methyl/N-ethyl adjacent to an activating group) is 1. The molecular formula is C31H34F3N3O5S. The molecule has 4 rings (SSSR count). The number of halogens is 3. The highest BCUT2D eigenvalue weighted by atomic mass is 32.2. The Labute approximate surface area is 248 Å². The monoisotopic (exact) mass is 617 g/mol. The van der Waals surface area contributed by atoms with Crippen molar-refractivity contribution in [2.45, 2.75) is 48.8 Å². The first-order chi connectivity index (χ1) is 20.4. The zero-order valence-electron chi connectivity index (χ0n) is 23.8. The zero-order valence-corrected chi connectivity index (χ0v) is 24.6. The summed E-state index contributed by atoms with van der Waals surface area (Å²) in [6, 6.07) is 16.4. The van der Waals surface area contributed by atoms with Crippen LogP contribution in [0.1, 0.15) is 58.8 Å². The van der Waals surface area contributed by atoms with Crippen molar-refractivity contribution < 1.29 is 36.3 Å². The van der Waals surface area contributed by atoms with Crippen molar-refractivity contribution in [1.82, 2.24) is 10.6 Å². The lowest BCUT2D eigenvalue weighted by atomic mass is 9.86. The third-order valence-corrected chi connectivity index (χ3v) is 9.56. The second-order valence-corrected chi connectivity index (χ2v) is 12.7. The van der Waals surface area contributed by atoms with Gasteiger partial charge >= 0.3 is 6.18 Å². The van der Waals surface area contributed by atoms with Gasteiger partial charge in [0.25, 0.3) is 5.91 Å². The summed E-state index contributed by atoms with van der Waals surface area (Å²) in [6.07, 6.45) is -3.31. The normalized spacial score (nSPS) is 18.1. The Morgan fingerprint density at radius 2 is 1.60 bits per heavy atom. The van der Waals surface area contributed by atoms with E-state index >= 15 is 0 Å². The van der Waals surface area contributed by atoms with E-state index < -0.39 is 46.2 Å². The Bertz CT molecular complexity index is 1530. The molecule has 0 radical (unpaired) electrons. The summed E-state index contributed by atoms with van der Waals surface area (Å²) < 4.78 is 63.3. The molecule has 2 amide bonds. The number of sulfone groups is 1. The van der Waals surface area contributed by atoms with Crippen molar-refractivity contribution in [2.24, 2.45) is 0 Å². The van der Waals surface area contributed by atoms with Crippen LogP contribution in [0.2, 0.25) is 0 Å². The van der Waals surface area contributed by atoms with Crippen LogP contribution in [0.3, 0.4) is 0 Å². The summed E-state index contributed by atoms with van der Waals surface area (Å²) in [7, 11) is -1.84. The summed E-state index contributed by atoms with van der Waals surface area (Å²) in [5.41, 5.74) is 1.55. The average molecular weight is 618 g/mol. The van der Waals surface area contributed by atoms with Crippen molar-refractivity contribution >= 4 is 27.3 Å². The first-order valence-electron chi connectivity index (χ1n) is 13.9. The van der Waals surface area contributed by atoms with Crippen molar-refractivity contribution in [1.29, 1.82) is 0 Å². The number of hydrogen-bond donors (Lipinski definition) is 3. The highest BCUT2D eigenvalue weighted by molar-refractivity contribution is 7.91. The highest BCUT2D eigenvalue weighted by Gasteiger charge is 2.35. The molecule has 1 saturated heterocycles. The fourth-order valence-corrected chi connectivity index (χ4v) is 6.15. The fourth-order valence-electron chi connectivity index (χ4n) is 5.27. The maximum atomic E-state index is 13.0. The Kier molecular flexibility index (Phi) is 9.81. The zero-order chi connectivity index (χ0) is 31.4. The number of nitrogens with one attached hydrogen (secondary N) is 2. The van der Waals surface area contributed by atoms with E-state index in [1.807, 2.05) is 4.90 Å². The lowest BCUT2D eigenvalue weighted by Gasteiger charge is -2.40. The van der Waals surface area contributed by atoms with Crippen molar-refractivity contribution in [3.63, 3.8) is 0 Å². The van der Waals surface area contributed by atoms with Crippen LogP contribution in [-0.2, 0) is 20.8 Å². The molecule has 0 spiro atoms. The Balaban J connectivity index is 1.50. The minimum atomic E-state index is -4.42. The number of carbonyl (C=O) groups excluding carboxylic acids is 2. The first kappa shape index (κ1) is 32.0. The van der Waals surface area contributed by atoms with Gasteiger partial charge in [-0.1, -0.05) is 31.2 Å². The van der Waals surface area contributed by atoms with E-state index in [-0.39, 0.29) is 22.5 Å². The molecule has 1 heterocycles. The van der Waals surface area contributed by atoms with Crippen LogP contribution in [0.5, 0.6) is 0 Å². The van der Waals surface area contributed by atoms with Gasteiger partial charge < -0.3 is 20.6 Å². The van der Waals surface area contributed by atoms with Crippen LogP contribution in [0.4, 0.5) is 18.9 Å². The van der Waals surface area contributed by atoms with Crippen molar-refractivity contribution in [2.75, 3.05) is 30.9 Å². The molecule has 0 aliphatic carbocycles. The number of amides is 2. The van der Waals surface area contributed by atoms with Gasteiger partial charge in [-0.05, 0) is 72.5 Å². The molecule has 3 N–H and O–H groups in total. The SMILES string of the molecule is CCS(=O)(=O)c1ccc([C@H](CO)NC(=O)c2ccc(N3C[C@@H](c4ccc(C(F)(F)F)cc4)CC[C@H]3C(=O)NC)cc2)cc1. The number of piperidine rings is 1. The van der Waals surface area contributed by atoms with Crippen LogP contribution >= 0.6 is 0 Å². The lowest BCUT2D eigenvalue weighted by Crippen LogP contribution is -2.50. The third kappa shape index (κ3) is 7.37. The van der Waals surface area contributed by atoms with Gasteiger partial charge in [0.2, 0.25) is 5.91 Å². The Hall–Kier alpha value is -3.90. The van der Waals surface area contributed by atoms with Crippen LogP contribution in [0.15, 0.2) is 77.7 Å². The third-order valence-electron chi connectivity index (χ3n) is 7.81. The number of carbonyl (C=O) groups is 2. The van der Waals surface area contributed by atoms with Gasteiger partial charge in [-0.25, -0.2) is 8.42 Å². The number of aliphatic hydroxyl groups is 1. The molecule has 230 valence electrons. The van der Waals surface area contributed by atoms with E-state index in [0.717, 1.165) is 17.7 Å². The Morgan fingerprint density at radius 1 is 0.977 bits per heavy atom. The van der Waals surface area contributed by atoms with Gasteiger partial charge in [-0.15, -0.1) is 0 Å². The molecule has 3 aromatic carbocycles. The number of rotatable bonds is 9. The number of hydrogen-bond acceptors (Lipinski definition) is 6. The van der Waals surface area contributed by atoms with E-state index in [1.54, 1.807) is 50.4 Å².